The summed E-state index contributed by atoms with van der Waals surface area (Å²) >= 11 is 0. The molecule has 80 valence electrons. The highest BCUT2D eigenvalue weighted by Gasteiger charge is 2.12. The van der Waals surface area contributed by atoms with Crippen LogP contribution in [0.4, 0.5) is 5.69 Å². The van der Waals surface area contributed by atoms with E-state index in [-0.39, 0.29) is 0 Å². The van der Waals surface area contributed by atoms with Gasteiger partial charge in [-0.1, -0.05) is 30.9 Å². The molecule has 0 radical (unpaired) electrons. The highest BCUT2D eigenvalue weighted by Crippen LogP contribution is 2.31. The minimum absolute atomic E-state index is 0.521. The van der Waals surface area contributed by atoms with E-state index in [2.05, 4.69) is 11.6 Å². The third kappa shape index (κ3) is 1.52. The number of nitrogens with one attached hydrogen (secondary N) is 1. The molecule has 0 atom stereocenters. The number of aromatic amines is 1. The van der Waals surface area contributed by atoms with Gasteiger partial charge in [0, 0.05) is 23.0 Å². The van der Waals surface area contributed by atoms with Crippen LogP contribution in [0, 0.1) is 0 Å². The number of nitrogens with two attached hydrogens (primary N) is 1. The van der Waals surface area contributed by atoms with Gasteiger partial charge in [0.15, 0.2) is 6.29 Å². The number of aromatic nitrogens is 1. The van der Waals surface area contributed by atoms with Crippen molar-refractivity contribution in [2.24, 2.45) is 0 Å². The molecule has 0 saturated carbocycles. The van der Waals surface area contributed by atoms with Gasteiger partial charge >= 0.3 is 0 Å². The molecule has 2 rings (SSSR count). The second-order valence-corrected chi connectivity index (χ2v) is 3.44. The summed E-state index contributed by atoms with van der Waals surface area (Å²) in [6.45, 7) is 3.72. The van der Waals surface area contributed by atoms with E-state index >= 15 is 0 Å². The minimum atomic E-state index is 0.521. The lowest BCUT2D eigenvalue weighted by Crippen LogP contribution is -1.92. The maximum Gasteiger partial charge on any atom is 0.166 e. The Morgan fingerprint density at radius 1 is 1.31 bits per heavy atom. The second kappa shape index (κ2) is 4.06. The molecule has 3 nitrogen and oxygen atoms in total. The molecular formula is C13H12N2O. The fraction of sp³-hybridized carbons (Fsp3) is 0. The summed E-state index contributed by atoms with van der Waals surface area (Å²) in [6, 6.07) is 7.45. The van der Waals surface area contributed by atoms with Gasteiger partial charge in [0.25, 0.3) is 0 Å². The van der Waals surface area contributed by atoms with Crippen LogP contribution in [-0.4, -0.2) is 11.3 Å². The van der Waals surface area contributed by atoms with Crippen molar-refractivity contribution in [3.63, 3.8) is 0 Å². The number of aldehydes is 1. The highest BCUT2D eigenvalue weighted by molar-refractivity contribution is 5.93. The maximum absolute atomic E-state index is 10.9. The molecule has 0 aliphatic heterocycles. The maximum atomic E-state index is 10.9. The average molecular weight is 212 g/mol. The Morgan fingerprint density at radius 3 is 2.69 bits per heavy atom. The first kappa shape index (κ1) is 10.2. The number of rotatable bonds is 3. The van der Waals surface area contributed by atoms with Gasteiger partial charge in [-0.2, -0.15) is 0 Å². The zero-order valence-electron chi connectivity index (χ0n) is 8.73. The molecule has 0 saturated heterocycles. The van der Waals surface area contributed by atoms with Gasteiger partial charge in [-0.15, -0.1) is 0 Å². The van der Waals surface area contributed by atoms with Crippen LogP contribution in [0.2, 0.25) is 0 Å². The zero-order valence-corrected chi connectivity index (χ0v) is 8.73. The Balaban J connectivity index is 2.71. The number of benzene rings is 1. The number of anilines is 1. The molecule has 0 spiro atoms. The van der Waals surface area contributed by atoms with Crippen LogP contribution in [0.3, 0.4) is 0 Å². The van der Waals surface area contributed by atoms with Crippen LogP contribution in [0.5, 0.6) is 0 Å². The first-order chi connectivity index (χ1) is 7.77. The van der Waals surface area contributed by atoms with Gasteiger partial charge in [0.1, 0.15) is 0 Å². The van der Waals surface area contributed by atoms with Crippen LogP contribution in [0.1, 0.15) is 16.1 Å². The Bertz CT molecular complexity index is 515. The van der Waals surface area contributed by atoms with E-state index in [0.717, 1.165) is 23.0 Å². The van der Waals surface area contributed by atoms with E-state index in [4.69, 9.17) is 5.73 Å². The Morgan fingerprint density at radius 2 is 2.06 bits per heavy atom. The molecular weight excluding hydrogens is 200 g/mol. The van der Waals surface area contributed by atoms with Crippen molar-refractivity contribution >= 4 is 18.0 Å². The standard InChI is InChI=1S/C13H12N2O/c1-2-9-7-15-12(8-16)13(9)10-5-3-4-6-11(10)14/h2-8,15H,1,14H2. The van der Waals surface area contributed by atoms with Crippen LogP contribution >= 0.6 is 0 Å². The van der Waals surface area contributed by atoms with E-state index in [1.807, 2.05) is 24.3 Å². The van der Waals surface area contributed by atoms with Gasteiger partial charge in [-0.25, -0.2) is 0 Å². The number of carbonyl (C=O) groups is 1. The van der Waals surface area contributed by atoms with Crippen molar-refractivity contribution in [1.82, 2.24) is 4.98 Å². The predicted molar refractivity (Wildman–Crippen MR) is 66.1 cm³/mol. The minimum Gasteiger partial charge on any atom is -0.398 e. The van der Waals surface area contributed by atoms with Crippen LogP contribution < -0.4 is 5.73 Å². The number of carbonyl (C=O) groups excluding carboxylic acids is 1. The molecule has 0 amide bonds. The number of hydrogen-bond donors (Lipinski definition) is 2. The van der Waals surface area contributed by atoms with Crippen LogP contribution in [0.15, 0.2) is 37.0 Å². The SMILES string of the molecule is C=Cc1c[nH]c(C=O)c1-c1ccccc1N. The molecule has 0 unspecified atom stereocenters. The summed E-state index contributed by atoms with van der Waals surface area (Å²) in [6.07, 6.45) is 4.23. The molecule has 0 aliphatic rings. The lowest BCUT2D eigenvalue weighted by atomic mass is 10.0. The fourth-order valence-corrected chi connectivity index (χ4v) is 1.73. The molecule has 1 heterocycles. The van der Waals surface area contributed by atoms with E-state index < -0.39 is 0 Å². The Labute approximate surface area is 93.6 Å². The Hall–Kier alpha value is -2.29. The predicted octanol–water partition coefficient (Wildman–Crippen LogP) is 2.72. The number of hydrogen-bond acceptors (Lipinski definition) is 2. The molecule has 3 N–H and O–H groups in total. The van der Waals surface area contributed by atoms with E-state index in [9.17, 15) is 4.79 Å². The fourth-order valence-electron chi connectivity index (χ4n) is 1.73. The molecule has 1 aromatic carbocycles. The van der Waals surface area contributed by atoms with Crippen molar-refractivity contribution in [3.05, 3.63) is 48.3 Å². The number of H-pyrrole nitrogens is 1. The third-order valence-corrected chi connectivity index (χ3v) is 2.51. The summed E-state index contributed by atoms with van der Waals surface area (Å²) in [5.41, 5.74) is 9.59. The van der Waals surface area contributed by atoms with Crippen molar-refractivity contribution in [3.8, 4) is 11.1 Å². The molecule has 0 aliphatic carbocycles. The summed E-state index contributed by atoms with van der Waals surface area (Å²) in [4.78, 5) is 13.8. The van der Waals surface area contributed by atoms with E-state index in [1.54, 1.807) is 12.3 Å². The summed E-state index contributed by atoms with van der Waals surface area (Å²) in [5.74, 6) is 0. The number of para-hydroxylation sites is 1. The van der Waals surface area contributed by atoms with Crippen LogP contribution in [0.25, 0.3) is 17.2 Å². The molecule has 0 bridgehead atoms. The molecule has 16 heavy (non-hydrogen) atoms. The summed E-state index contributed by atoms with van der Waals surface area (Å²) in [7, 11) is 0. The van der Waals surface area contributed by atoms with Gasteiger partial charge < -0.3 is 10.7 Å². The molecule has 2 aromatic rings. The monoisotopic (exact) mass is 212 g/mol. The average Bonchev–Trinajstić information content (AvgIpc) is 2.72. The first-order valence-electron chi connectivity index (χ1n) is 4.91. The van der Waals surface area contributed by atoms with Crippen molar-refractivity contribution in [2.45, 2.75) is 0 Å². The van der Waals surface area contributed by atoms with Crippen molar-refractivity contribution in [1.29, 1.82) is 0 Å². The second-order valence-electron chi connectivity index (χ2n) is 3.44. The van der Waals surface area contributed by atoms with E-state index in [1.165, 1.54) is 0 Å². The van der Waals surface area contributed by atoms with Crippen molar-refractivity contribution in [2.75, 3.05) is 5.73 Å². The van der Waals surface area contributed by atoms with E-state index in [0.29, 0.717) is 11.4 Å². The molecule has 0 fully saturated rings. The largest absolute Gasteiger partial charge is 0.398 e. The summed E-state index contributed by atoms with van der Waals surface area (Å²) in [5, 5.41) is 0. The third-order valence-electron chi connectivity index (χ3n) is 2.51. The lowest BCUT2D eigenvalue weighted by Gasteiger charge is -2.05. The zero-order chi connectivity index (χ0) is 11.5. The van der Waals surface area contributed by atoms with Crippen molar-refractivity contribution < 1.29 is 4.79 Å². The quantitative estimate of drug-likeness (QED) is 0.607. The van der Waals surface area contributed by atoms with Gasteiger partial charge in [0.2, 0.25) is 0 Å². The lowest BCUT2D eigenvalue weighted by molar-refractivity contribution is 0.112. The highest BCUT2D eigenvalue weighted by atomic mass is 16.1. The topological polar surface area (TPSA) is 58.9 Å². The normalized spacial score (nSPS) is 10.0. The van der Waals surface area contributed by atoms with Gasteiger partial charge in [-0.05, 0) is 11.6 Å². The van der Waals surface area contributed by atoms with Gasteiger partial charge in [0.05, 0.1) is 5.69 Å². The Kier molecular flexibility index (Phi) is 2.60. The molecule has 1 aromatic heterocycles. The number of nitrogen functional groups attached to an aromatic ring is 1. The summed E-state index contributed by atoms with van der Waals surface area (Å²) < 4.78 is 0. The smallest absolute Gasteiger partial charge is 0.166 e. The van der Waals surface area contributed by atoms with Crippen LogP contribution in [-0.2, 0) is 0 Å². The molecule has 3 heteroatoms. The van der Waals surface area contributed by atoms with Gasteiger partial charge in [-0.3, -0.25) is 4.79 Å². The first-order valence-corrected chi connectivity index (χ1v) is 4.91.